The van der Waals surface area contributed by atoms with Crippen LogP contribution in [0.4, 0.5) is 10.1 Å². The van der Waals surface area contributed by atoms with Crippen LogP contribution in [0.2, 0.25) is 0 Å². The molecule has 28 heavy (non-hydrogen) atoms. The van der Waals surface area contributed by atoms with Gasteiger partial charge in [0.15, 0.2) is 0 Å². The van der Waals surface area contributed by atoms with Gasteiger partial charge in [-0.1, -0.05) is 17.7 Å². The summed E-state index contributed by atoms with van der Waals surface area (Å²) in [7, 11) is -3.76. The highest BCUT2D eigenvalue weighted by molar-refractivity contribution is 7.89. The molecule has 1 amide bonds. The van der Waals surface area contributed by atoms with E-state index in [-0.39, 0.29) is 16.6 Å². The van der Waals surface area contributed by atoms with E-state index in [1.807, 2.05) is 6.92 Å². The van der Waals surface area contributed by atoms with Crippen LogP contribution in [0.15, 0.2) is 53.4 Å². The summed E-state index contributed by atoms with van der Waals surface area (Å²) >= 11 is 0. The molecule has 1 atom stereocenters. The van der Waals surface area contributed by atoms with Crippen molar-refractivity contribution in [3.05, 3.63) is 59.9 Å². The summed E-state index contributed by atoms with van der Waals surface area (Å²) in [6, 6.07) is 11.9. The minimum Gasteiger partial charge on any atom is -0.368 e. The van der Waals surface area contributed by atoms with Crippen LogP contribution in [-0.2, 0) is 14.8 Å². The third kappa shape index (κ3) is 4.69. The van der Waals surface area contributed by atoms with Gasteiger partial charge in [0.1, 0.15) is 5.82 Å². The summed E-state index contributed by atoms with van der Waals surface area (Å²) < 4.78 is 40.5. The van der Waals surface area contributed by atoms with Crippen molar-refractivity contribution in [2.45, 2.75) is 24.8 Å². The number of aryl methyl sites for hydroxylation is 1. The average molecular weight is 405 g/mol. The number of anilines is 1. The molecule has 0 unspecified atom stereocenters. The van der Waals surface area contributed by atoms with E-state index in [4.69, 9.17) is 0 Å². The summed E-state index contributed by atoms with van der Waals surface area (Å²) in [6.07, 6.45) is 0. The normalized spacial score (nSPS) is 16.1. The van der Waals surface area contributed by atoms with E-state index in [2.05, 4.69) is 9.62 Å². The molecule has 0 bridgehead atoms. The van der Waals surface area contributed by atoms with E-state index in [1.165, 1.54) is 24.3 Å². The molecule has 8 heteroatoms. The summed E-state index contributed by atoms with van der Waals surface area (Å²) in [5, 5.41) is 0. The second kappa shape index (κ2) is 8.28. The third-order valence-corrected chi connectivity index (χ3v) is 6.37. The monoisotopic (exact) mass is 405 g/mol. The number of hydrogen-bond donors (Lipinski definition) is 1. The minimum absolute atomic E-state index is 0.138. The maximum atomic E-state index is 13.1. The fraction of sp³-hybridized carbons (Fsp3) is 0.350. The van der Waals surface area contributed by atoms with E-state index < -0.39 is 16.1 Å². The lowest BCUT2D eigenvalue weighted by Crippen LogP contribution is -2.54. The number of carbonyl (C=O) groups excluding carboxylic acids is 1. The van der Waals surface area contributed by atoms with E-state index in [1.54, 1.807) is 36.1 Å². The molecule has 2 aromatic carbocycles. The van der Waals surface area contributed by atoms with Crippen molar-refractivity contribution in [2.24, 2.45) is 0 Å². The molecule has 1 heterocycles. The maximum absolute atomic E-state index is 13.1. The fourth-order valence-electron chi connectivity index (χ4n) is 3.18. The lowest BCUT2D eigenvalue weighted by Gasteiger charge is -2.37. The lowest BCUT2D eigenvalue weighted by atomic mass is 10.2. The zero-order chi connectivity index (χ0) is 20.3. The maximum Gasteiger partial charge on any atom is 0.241 e. The molecule has 0 saturated carbocycles. The Labute approximate surface area is 165 Å². The van der Waals surface area contributed by atoms with Gasteiger partial charge in [-0.15, -0.1) is 0 Å². The molecule has 0 aliphatic carbocycles. The van der Waals surface area contributed by atoms with Crippen molar-refractivity contribution in [1.82, 2.24) is 9.62 Å². The van der Waals surface area contributed by atoms with Crippen molar-refractivity contribution in [2.75, 3.05) is 31.1 Å². The predicted octanol–water partition coefficient (Wildman–Crippen LogP) is 2.15. The molecular weight excluding hydrogens is 381 g/mol. The van der Waals surface area contributed by atoms with Crippen LogP contribution in [0.3, 0.4) is 0 Å². The van der Waals surface area contributed by atoms with E-state index >= 15 is 0 Å². The smallest absolute Gasteiger partial charge is 0.241 e. The number of piperazine rings is 1. The topological polar surface area (TPSA) is 69.7 Å². The zero-order valence-corrected chi connectivity index (χ0v) is 16.7. The second-order valence-corrected chi connectivity index (χ2v) is 8.66. The van der Waals surface area contributed by atoms with Crippen LogP contribution in [0.1, 0.15) is 12.5 Å². The number of carbonyl (C=O) groups is 1. The number of sulfonamides is 1. The number of rotatable bonds is 5. The molecule has 2 aromatic rings. The predicted molar refractivity (Wildman–Crippen MR) is 106 cm³/mol. The minimum atomic E-state index is -3.76. The van der Waals surface area contributed by atoms with Crippen LogP contribution >= 0.6 is 0 Å². The summed E-state index contributed by atoms with van der Waals surface area (Å²) in [6.45, 7) is 5.60. The largest absolute Gasteiger partial charge is 0.368 e. The molecular formula is C20H24FN3O3S. The molecule has 0 aromatic heterocycles. The van der Waals surface area contributed by atoms with Crippen LogP contribution < -0.4 is 9.62 Å². The van der Waals surface area contributed by atoms with Crippen LogP contribution in [0.5, 0.6) is 0 Å². The first-order valence-electron chi connectivity index (χ1n) is 9.14. The third-order valence-electron chi connectivity index (χ3n) is 4.82. The Bertz CT molecular complexity index is 922. The first-order valence-corrected chi connectivity index (χ1v) is 10.6. The fourth-order valence-corrected chi connectivity index (χ4v) is 4.38. The van der Waals surface area contributed by atoms with Crippen LogP contribution in [0.25, 0.3) is 0 Å². The Kier molecular flexibility index (Phi) is 6.00. The molecule has 1 saturated heterocycles. The van der Waals surface area contributed by atoms with E-state index in [9.17, 15) is 17.6 Å². The van der Waals surface area contributed by atoms with Crippen LogP contribution in [-0.4, -0.2) is 51.4 Å². The zero-order valence-electron chi connectivity index (χ0n) is 15.9. The molecule has 0 radical (unpaired) electrons. The molecule has 3 rings (SSSR count). The number of nitrogens with zero attached hydrogens (tertiary/aromatic N) is 2. The summed E-state index contributed by atoms with van der Waals surface area (Å²) in [5.74, 6) is -0.540. The highest BCUT2D eigenvalue weighted by atomic mass is 32.2. The van der Waals surface area contributed by atoms with E-state index in [0.29, 0.717) is 26.2 Å². The Balaban J connectivity index is 1.58. The number of benzene rings is 2. The summed E-state index contributed by atoms with van der Waals surface area (Å²) in [4.78, 5) is 16.5. The first-order chi connectivity index (χ1) is 13.3. The number of nitrogens with one attached hydrogen (secondary N) is 1. The lowest BCUT2D eigenvalue weighted by molar-refractivity contribution is -0.132. The van der Waals surface area contributed by atoms with E-state index in [0.717, 1.165) is 11.3 Å². The Morgan fingerprint density at radius 1 is 1.00 bits per heavy atom. The highest BCUT2D eigenvalue weighted by Crippen LogP contribution is 2.17. The van der Waals surface area contributed by atoms with Gasteiger partial charge in [-0.05, 0) is 50.2 Å². The first kappa shape index (κ1) is 20.3. The van der Waals surface area contributed by atoms with Gasteiger partial charge in [-0.25, -0.2) is 12.8 Å². The van der Waals surface area contributed by atoms with Gasteiger partial charge in [0, 0.05) is 31.9 Å². The van der Waals surface area contributed by atoms with Gasteiger partial charge in [-0.3, -0.25) is 4.79 Å². The quantitative estimate of drug-likeness (QED) is 0.828. The highest BCUT2D eigenvalue weighted by Gasteiger charge is 2.28. The standard InChI is InChI=1S/C20H24FN3O3S/c1-15-3-9-19(10-4-15)28(26,27)22-16(2)20(25)24-13-11-23(12-14-24)18-7-5-17(21)6-8-18/h3-10,16,22H,11-14H2,1-2H3/t16-/m0/s1. The average Bonchev–Trinajstić information content (AvgIpc) is 2.68. The van der Waals surface area contributed by atoms with Gasteiger partial charge >= 0.3 is 0 Å². The Hall–Kier alpha value is -2.45. The Morgan fingerprint density at radius 3 is 2.14 bits per heavy atom. The Morgan fingerprint density at radius 2 is 1.57 bits per heavy atom. The van der Waals surface area contributed by atoms with Crippen molar-refractivity contribution >= 4 is 21.6 Å². The van der Waals surface area contributed by atoms with Gasteiger partial charge < -0.3 is 9.80 Å². The molecule has 1 N–H and O–H groups in total. The number of hydrogen-bond acceptors (Lipinski definition) is 4. The number of halogens is 1. The molecule has 1 aliphatic heterocycles. The van der Waals surface area contributed by atoms with Gasteiger partial charge in [0.25, 0.3) is 0 Å². The number of amides is 1. The SMILES string of the molecule is Cc1ccc(S(=O)(=O)N[C@@H](C)C(=O)N2CCN(c3ccc(F)cc3)CC2)cc1. The van der Waals surface area contributed by atoms with Crippen molar-refractivity contribution in [1.29, 1.82) is 0 Å². The molecule has 150 valence electrons. The molecule has 1 fully saturated rings. The van der Waals surface area contributed by atoms with Gasteiger partial charge in [-0.2, -0.15) is 4.72 Å². The molecule has 6 nitrogen and oxygen atoms in total. The van der Waals surface area contributed by atoms with Crippen LogP contribution in [0, 0.1) is 12.7 Å². The second-order valence-electron chi connectivity index (χ2n) is 6.94. The molecule has 0 spiro atoms. The van der Waals surface area contributed by atoms with Crippen molar-refractivity contribution in [3.63, 3.8) is 0 Å². The summed E-state index contributed by atoms with van der Waals surface area (Å²) in [5.41, 5.74) is 1.86. The van der Waals surface area contributed by atoms with Gasteiger partial charge in [0.2, 0.25) is 15.9 Å². The molecule has 1 aliphatic rings. The van der Waals surface area contributed by atoms with Gasteiger partial charge in [0.05, 0.1) is 10.9 Å². The van der Waals surface area contributed by atoms with Crippen molar-refractivity contribution in [3.8, 4) is 0 Å². The van der Waals surface area contributed by atoms with Crippen molar-refractivity contribution < 1.29 is 17.6 Å².